The van der Waals surface area contributed by atoms with E-state index < -0.39 is 0 Å². The second-order valence-electron chi connectivity index (χ2n) is 5.85. The third kappa shape index (κ3) is 2.40. The zero-order valence-electron chi connectivity index (χ0n) is 12.2. The van der Waals surface area contributed by atoms with E-state index in [-0.39, 0.29) is 12.1 Å². The molecule has 4 heteroatoms. The quantitative estimate of drug-likeness (QED) is 0.902. The van der Waals surface area contributed by atoms with Crippen LogP contribution in [-0.4, -0.2) is 19.9 Å². The summed E-state index contributed by atoms with van der Waals surface area (Å²) in [5.41, 5.74) is 3.33. The number of aromatic nitrogens is 3. The number of hydrogen-bond donors (Lipinski definition) is 1. The molecule has 4 nitrogen and oxygen atoms in total. The van der Waals surface area contributed by atoms with Crippen LogP contribution >= 0.6 is 0 Å². The predicted octanol–water partition coefficient (Wildman–Crippen LogP) is 2.81. The van der Waals surface area contributed by atoms with Crippen molar-refractivity contribution in [3.05, 3.63) is 35.2 Å². The minimum Gasteiger partial charge on any atom is -0.388 e. The second kappa shape index (κ2) is 4.78. The van der Waals surface area contributed by atoms with Gasteiger partial charge in [0, 0.05) is 11.1 Å². The summed E-state index contributed by atoms with van der Waals surface area (Å²) in [6, 6.07) is 6.16. The molecule has 2 aromatic rings. The van der Waals surface area contributed by atoms with Crippen molar-refractivity contribution in [3.8, 4) is 11.4 Å². The summed E-state index contributed by atoms with van der Waals surface area (Å²) in [5, 5.41) is 17.8. The van der Waals surface area contributed by atoms with E-state index in [1.807, 2.05) is 10.6 Å². The van der Waals surface area contributed by atoms with E-state index in [4.69, 9.17) is 0 Å². The molecule has 19 heavy (non-hydrogen) atoms. The molecule has 0 unspecified atom stereocenters. The zero-order chi connectivity index (χ0) is 14.2. The molecule has 102 valence electrons. The smallest absolute Gasteiger partial charge is 0.164 e. The first-order chi connectivity index (χ1) is 8.86. The number of hydrogen-bond acceptors (Lipinski definition) is 3. The van der Waals surface area contributed by atoms with Crippen LogP contribution in [0.5, 0.6) is 0 Å². The highest BCUT2D eigenvalue weighted by atomic mass is 16.3. The lowest BCUT2D eigenvalue weighted by atomic mass is 10.0. The summed E-state index contributed by atoms with van der Waals surface area (Å²) in [6.07, 6.45) is 0. The molecule has 1 aromatic heterocycles. The van der Waals surface area contributed by atoms with Crippen molar-refractivity contribution >= 4 is 0 Å². The van der Waals surface area contributed by atoms with E-state index in [9.17, 15) is 5.11 Å². The molecule has 0 fully saturated rings. The maximum absolute atomic E-state index is 9.44. The van der Waals surface area contributed by atoms with Gasteiger partial charge in [0.05, 0.1) is 0 Å². The van der Waals surface area contributed by atoms with E-state index in [0.717, 1.165) is 11.4 Å². The number of rotatable bonds is 2. The summed E-state index contributed by atoms with van der Waals surface area (Å²) in [5.74, 6) is 1.42. The van der Waals surface area contributed by atoms with E-state index in [0.29, 0.717) is 5.82 Å². The minimum atomic E-state index is -0.174. The highest BCUT2D eigenvalue weighted by Gasteiger charge is 2.24. The lowest BCUT2D eigenvalue weighted by Gasteiger charge is -2.25. The van der Waals surface area contributed by atoms with Crippen molar-refractivity contribution in [1.82, 2.24) is 14.8 Å². The molecule has 0 radical (unpaired) electrons. The zero-order valence-corrected chi connectivity index (χ0v) is 12.2. The van der Waals surface area contributed by atoms with Crippen molar-refractivity contribution < 1.29 is 5.11 Å². The Morgan fingerprint density at radius 2 is 1.84 bits per heavy atom. The first-order valence-electron chi connectivity index (χ1n) is 6.48. The van der Waals surface area contributed by atoms with E-state index in [1.165, 1.54) is 11.1 Å². The Bertz CT molecular complexity index is 594. The van der Waals surface area contributed by atoms with Gasteiger partial charge in [-0.1, -0.05) is 18.2 Å². The van der Waals surface area contributed by atoms with Gasteiger partial charge < -0.3 is 9.67 Å². The highest BCUT2D eigenvalue weighted by Crippen LogP contribution is 2.29. The van der Waals surface area contributed by atoms with Gasteiger partial charge in [-0.05, 0) is 45.7 Å². The number of nitrogens with zero attached hydrogens (tertiary/aromatic N) is 3. The van der Waals surface area contributed by atoms with E-state index in [2.05, 4.69) is 56.9 Å². The van der Waals surface area contributed by atoms with Crippen LogP contribution in [0.2, 0.25) is 0 Å². The molecule has 1 N–H and O–H groups in total. The Morgan fingerprint density at radius 1 is 1.16 bits per heavy atom. The molecule has 0 aliphatic rings. The summed E-state index contributed by atoms with van der Waals surface area (Å²) >= 11 is 0. The van der Waals surface area contributed by atoms with Gasteiger partial charge in [-0.2, -0.15) is 0 Å². The van der Waals surface area contributed by atoms with Gasteiger partial charge in [-0.15, -0.1) is 10.2 Å². The first kappa shape index (κ1) is 13.7. The molecule has 0 amide bonds. The van der Waals surface area contributed by atoms with Gasteiger partial charge >= 0.3 is 0 Å². The van der Waals surface area contributed by atoms with Crippen molar-refractivity contribution in [2.24, 2.45) is 0 Å². The fourth-order valence-corrected chi connectivity index (χ4v) is 2.29. The summed E-state index contributed by atoms with van der Waals surface area (Å²) in [4.78, 5) is 0. The average Bonchev–Trinajstić information content (AvgIpc) is 2.76. The maximum atomic E-state index is 9.44. The Morgan fingerprint density at radius 3 is 2.42 bits per heavy atom. The first-order valence-corrected chi connectivity index (χ1v) is 6.48. The Kier molecular flexibility index (Phi) is 3.45. The fraction of sp³-hybridized carbons (Fsp3) is 0.467. The summed E-state index contributed by atoms with van der Waals surface area (Å²) in [6.45, 7) is 10.3. The predicted molar refractivity (Wildman–Crippen MR) is 75.9 cm³/mol. The molecular formula is C15H21N3O. The molecule has 0 bridgehead atoms. The molecule has 1 aromatic carbocycles. The van der Waals surface area contributed by atoms with Gasteiger partial charge in [-0.25, -0.2) is 0 Å². The monoisotopic (exact) mass is 259 g/mol. The van der Waals surface area contributed by atoms with Gasteiger partial charge in [0.25, 0.3) is 0 Å². The van der Waals surface area contributed by atoms with Gasteiger partial charge in [0.2, 0.25) is 0 Å². The largest absolute Gasteiger partial charge is 0.388 e. The Hall–Kier alpha value is -1.68. The van der Waals surface area contributed by atoms with Crippen LogP contribution < -0.4 is 0 Å². The van der Waals surface area contributed by atoms with E-state index >= 15 is 0 Å². The van der Waals surface area contributed by atoms with Crippen LogP contribution in [0.25, 0.3) is 11.4 Å². The topological polar surface area (TPSA) is 50.9 Å². The molecule has 0 aliphatic heterocycles. The molecule has 0 atom stereocenters. The van der Waals surface area contributed by atoms with Crippen LogP contribution in [0.15, 0.2) is 18.2 Å². The molecular weight excluding hydrogens is 238 g/mol. The van der Waals surface area contributed by atoms with Gasteiger partial charge in [0.15, 0.2) is 11.6 Å². The maximum Gasteiger partial charge on any atom is 0.164 e. The Labute approximate surface area is 114 Å². The number of benzene rings is 1. The molecule has 0 saturated heterocycles. The van der Waals surface area contributed by atoms with Crippen LogP contribution in [0.4, 0.5) is 0 Å². The van der Waals surface area contributed by atoms with Crippen LogP contribution in [0, 0.1) is 13.8 Å². The van der Waals surface area contributed by atoms with E-state index in [1.54, 1.807) is 0 Å². The second-order valence-corrected chi connectivity index (χ2v) is 5.85. The lowest BCUT2D eigenvalue weighted by Crippen LogP contribution is -2.25. The lowest BCUT2D eigenvalue weighted by molar-refractivity contribution is 0.250. The normalized spacial score (nSPS) is 11.9. The van der Waals surface area contributed by atoms with Crippen LogP contribution in [-0.2, 0) is 12.1 Å². The number of aliphatic hydroxyl groups is 1. The van der Waals surface area contributed by atoms with Gasteiger partial charge in [-0.3, -0.25) is 0 Å². The molecule has 2 rings (SSSR count). The Balaban J connectivity index is 2.70. The SMILES string of the molecule is Cc1cccc(-c2nnc(CO)n2C(C)(C)C)c1C. The summed E-state index contributed by atoms with van der Waals surface area (Å²) < 4.78 is 2.01. The van der Waals surface area contributed by atoms with Crippen LogP contribution in [0.1, 0.15) is 37.7 Å². The molecule has 0 saturated carbocycles. The van der Waals surface area contributed by atoms with Crippen molar-refractivity contribution in [3.63, 3.8) is 0 Å². The van der Waals surface area contributed by atoms with Crippen LogP contribution in [0.3, 0.4) is 0 Å². The van der Waals surface area contributed by atoms with Crippen molar-refractivity contribution in [2.45, 2.75) is 46.8 Å². The van der Waals surface area contributed by atoms with Gasteiger partial charge in [0.1, 0.15) is 6.61 Å². The standard InChI is InChI=1S/C15H21N3O/c1-10-7-6-8-12(11(10)2)14-17-16-13(9-19)18(14)15(3,4)5/h6-8,19H,9H2,1-5H3. The number of aliphatic hydroxyl groups excluding tert-OH is 1. The average molecular weight is 259 g/mol. The molecule has 0 spiro atoms. The van der Waals surface area contributed by atoms with Crippen molar-refractivity contribution in [1.29, 1.82) is 0 Å². The third-order valence-corrected chi connectivity index (χ3v) is 3.39. The number of aryl methyl sites for hydroxylation is 1. The highest BCUT2D eigenvalue weighted by molar-refractivity contribution is 5.62. The van der Waals surface area contributed by atoms with Crippen molar-refractivity contribution in [2.75, 3.05) is 0 Å². The summed E-state index contributed by atoms with van der Waals surface area (Å²) in [7, 11) is 0. The molecule has 1 heterocycles. The molecule has 0 aliphatic carbocycles. The third-order valence-electron chi connectivity index (χ3n) is 3.39. The fourth-order valence-electron chi connectivity index (χ4n) is 2.29. The minimum absolute atomic E-state index is 0.102.